The first kappa shape index (κ1) is 23.3. The van der Waals surface area contributed by atoms with Crippen molar-refractivity contribution in [2.45, 2.75) is 13.1 Å². The average molecular weight is 516 g/mol. The smallest absolute Gasteiger partial charge is 0.178 e. The lowest BCUT2D eigenvalue weighted by Crippen LogP contribution is -2.34. The molecule has 0 saturated heterocycles. The fraction of sp³-hybridized carbons (Fsp3) is 0.192. The summed E-state index contributed by atoms with van der Waals surface area (Å²) in [4.78, 5) is 16.3. The molecule has 3 aromatic heterocycles. The van der Waals surface area contributed by atoms with Gasteiger partial charge >= 0.3 is 0 Å². The van der Waals surface area contributed by atoms with Gasteiger partial charge in [-0.05, 0) is 36.4 Å². The summed E-state index contributed by atoms with van der Waals surface area (Å²) in [5.74, 6) is 1.17. The summed E-state index contributed by atoms with van der Waals surface area (Å²) in [6.07, 6.45) is 5.02. The van der Waals surface area contributed by atoms with Gasteiger partial charge in [0.25, 0.3) is 0 Å². The van der Waals surface area contributed by atoms with Gasteiger partial charge in [0.05, 0.1) is 47.4 Å². The molecule has 9 nitrogen and oxygen atoms in total. The number of benzene rings is 1. The molecule has 2 aliphatic rings. The zero-order chi connectivity index (χ0) is 25.5. The first-order chi connectivity index (χ1) is 18.0. The Morgan fingerprint density at radius 2 is 2.03 bits per heavy atom. The minimum Gasteiger partial charge on any atom is -0.398 e. The number of fused-ring (bicyclic) bond motifs is 2. The van der Waals surface area contributed by atoms with Crippen molar-refractivity contribution in [3.8, 4) is 0 Å². The van der Waals surface area contributed by atoms with Crippen molar-refractivity contribution in [2.75, 3.05) is 24.5 Å². The number of hydrogen-bond acceptors (Lipinski definition) is 8. The van der Waals surface area contributed by atoms with Crippen LogP contribution in [0.25, 0.3) is 27.9 Å². The molecule has 4 N–H and O–H groups in total. The predicted molar refractivity (Wildman–Crippen MR) is 143 cm³/mol. The van der Waals surface area contributed by atoms with E-state index >= 15 is 0 Å². The Hall–Kier alpha value is -4.15. The number of halogens is 2. The Kier molecular flexibility index (Phi) is 5.90. The van der Waals surface area contributed by atoms with Gasteiger partial charge in [-0.3, -0.25) is 4.98 Å². The Bertz CT molecular complexity index is 1610. The number of nitrogens with one attached hydrogen (secondary N) is 2. The van der Waals surface area contributed by atoms with Crippen LogP contribution in [0.15, 0.2) is 48.7 Å². The number of nitrogens with two attached hydrogens (primary N) is 1. The van der Waals surface area contributed by atoms with Crippen molar-refractivity contribution >= 4 is 51.4 Å². The fourth-order valence-corrected chi connectivity index (χ4v) is 4.77. The molecule has 4 aromatic rings. The third-order valence-corrected chi connectivity index (χ3v) is 6.81. The lowest BCUT2D eigenvalue weighted by Gasteiger charge is -2.28. The Morgan fingerprint density at radius 3 is 2.84 bits per heavy atom. The summed E-state index contributed by atoms with van der Waals surface area (Å²) >= 11 is 6.04. The Balaban J connectivity index is 1.32. The summed E-state index contributed by atoms with van der Waals surface area (Å²) in [5, 5.41) is 16.2. The zero-order valence-corrected chi connectivity index (χ0v) is 20.5. The van der Waals surface area contributed by atoms with Gasteiger partial charge in [0.15, 0.2) is 5.82 Å². The molecule has 11 heteroatoms. The second-order valence-corrected chi connectivity index (χ2v) is 9.32. The molecular formula is C26H23ClFN9. The molecule has 0 fully saturated rings. The van der Waals surface area contributed by atoms with Gasteiger partial charge in [-0.2, -0.15) is 5.10 Å². The third-order valence-electron chi connectivity index (χ3n) is 6.57. The highest BCUT2D eigenvalue weighted by molar-refractivity contribution is 6.31. The molecular weight excluding hydrogens is 493 g/mol. The molecule has 0 aliphatic carbocycles. The Morgan fingerprint density at radius 1 is 1.14 bits per heavy atom. The van der Waals surface area contributed by atoms with Crippen LogP contribution in [-0.2, 0) is 13.1 Å². The van der Waals surface area contributed by atoms with Gasteiger partial charge in [-0.15, -0.1) is 0 Å². The van der Waals surface area contributed by atoms with E-state index in [4.69, 9.17) is 32.7 Å². The molecule has 0 spiro atoms. The minimum absolute atomic E-state index is 0.0877. The number of nitrogens with zero attached hydrogens (tertiary/aromatic N) is 6. The van der Waals surface area contributed by atoms with Crippen molar-refractivity contribution in [1.82, 2.24) is 30.0 Å². The zero-order valence-electron chi connectivity index (χ0n) is 19.7. The van der Waals surface area contributed by atoms with Crippen molar-refractivity contribution in [2.24, 2.45) is 5.73 Å². The lowest BCUT2D eigenvalue weighted by atomic mass is 10.0. The van der Waals surface area contributed by atoms with Gasteiger partial charge in [0, 0.05) is 47.6 Å². The third kappa shape index (κ3) is 4.34. The summed E-state index contributed by atoms with van der Waals surface area (Å²) < 4.78 is 16.4. The van der Waals surface area contributed by atoms with E-state index in [-0.39, 0.29) is 11.3 Å². The highest BCUT2D eigenvalue weighted by Crippen LogP contribution is 2.28. The van der Waals surface area contributed by atoms with E-state index in [1.807, 2.05) is 23.0 Å². The van der Waals surface area contributed by atoms with Gasteiger partial charge in [-0.1, -0.05) is 17.7 Å². The summed E-state index contributed by atoms with van der Waals surface area (Å²) in [5.41, 5.74) is 10.6. The maximum atomic E-state index is 14.4. The molecule has 5 heterocycles. The first-order valence-corrected chi connectivity index (χ1v) is 12.2. The summed E-state index contributed by atoms with van der Waals surface area (Å²) in [6.45, 7) is 3.71. The predicted octanol–water partition coefficient (Wildman–Crippen LogP) is 3.50. The van der Waals surface area contributed by atoms with E-state index < -0.39 is 5.82 Å². The molecule has 186 valence electrons. The van der Waals surface area contributed by atoms with E-state index in [1.165, 1.54) is 18.2 Å². The minimum atomic E-state index is -0.521. The van der Waals surface area contributed by atoms with Crippen molar-refractivity contribution < 1.29 is 4.39 Å². The SMILES string of the molecule is N=CC(=C(N)c1cc(Cl)ccc1F)c1ccc2ncc(N3CCn4nc(C5=CCNC5)nc4C3)cc2n1. The van der Waals surface area contributed by atoms with Crippen molar-refractivity contribution in [1.29, 1.82) is 5.41 Å². The monoisotopic (exact) mass is 515 g/mol. The number of anilines is 1. The lowest BCUT2D eigenvalue weighted by molar-refractivity contribution is 0.512. The van der Waals surface area contributed by atoms with E-state index in [2.05, 4.69) is 26.4 Å². The van der Waals surface area contributed by atoms with Gasteiger partial charge < -0.3 is 21.4 Å². The molecule has 6 rings (SSSR count). The van der Waals surface area contributed by atoms with Gasteiger partial charge in [0.2, 0.25) is 0 Å². The van der Waals surface area contributed by atoms with Crippen molar-refractivity contribution in [3.05, 3.63) is 82.4 Å². The molecule has 0 amide bonds. The molecule has 1 aromatic carbocycles. The normalized spacial score (nSPS) is 15.9. The van der Waals surface area contributed by atoms with Crippen LogP contribution in [0.4, 0.5) is 10.1 Å². The van der Waals surface area contributed by atoms with Gasteiger partial charge in [-0.25, -0.2) is 19.0 Å². The maximum Gasteiger partial charge on any atom is 0.178 e. The van der Waals surface area contributed by atoms with Crippen molar-refractivity contribution in [3.63, 3.8) is 0 Å². The summed E-state index contributed by atoms with van der Waals surface area (Å²) in [7, 11) is 0. The standard InChI is InChI=1S/C26H23ClFN9/c27-16-1-2-20(28)18(9-16)25(30)19(11-29)21-3-4-22-23(33-21)10-17(13-32-22)36-7-8-37-24(14-36)34-26(35-37)15-5-6-31-12-15/h1-5,9-11,13,29,31H,6-8,12,14,30H2. The number of allylic oxidation sites excluding steroid dienone is 1. The largest absolute Gasteiger partial charge is 0.398 e. The van der Waals surface area contributed by atoms with Crippen LogP contribution in [-0.4, -0.2) is 50.6 Å². The maximum absolute atomic E-state index is 14.4. The van der Waals surface area contributed by atoms with Crippen LogP contribution >= 0.6 is 11.6 Å². The molecule has 37 heavy (non-hydrogen) atoms. The van der Waals surface area contributed by atoms with Crippen LogP contribution in [0, 0.1) is 11.2 Å². The quantitative estimate of drug-likeness (QED) is 0.348. The van der Waals surface area contributed by atoms with E-state index in [0.717, 1.165) is 55.3 Å². The van der Waals surface area contributed by atoms with E-state index in [9.17, 15) is 4.39 Å². The summed E-state index contributed by atoms with van der Waals surface area (Å²) in [6, 6.07) is 9.64. The molecule has 0 radical (unpaired) electrons. The number of aromatic nitrogens is 5. The average Bonchev–Trinajstić information content (AvgIpc) is 3.60. The van der Waals surface area contributed by atoms with E-state index in [1.54, 1.807) is 6.07 Å². The number of rotatable bonds is 5. The van der Waals surface area contributed by atoms with Crippen LogP contribution in [0.1, 0.15) is 22.9 Å². The topological polar surface area (TPSA) is 122 Å². The van der Waals surface area contributed by atoms with E-state index in [0.29, 0.717) is 33.9 Å². The molecule has 0 unspecified atom stereocenters. The first-order valence-electron chi connectivity index (χ1n) is 11.8. The fourth-order valence-electron chi connectivity index (χ4n) is 4.59. The second-order valence-electron chi connectivity index (χ2n) is 8.88. The highest BCUT2D eigenvalue weighted by Gasteiger charge is 2.23. The molecule has 0 saturated carbocycles. The van der Waals surface area contributed by atoms with Crippen LogP contribution < -0.4 is 16.0 Å². The molecule has 0 atom stereocenters. The Labute approximate surface area is 217 Å². The second kappa shape index (κ2) is 9.38. The molecule has 2 aliphatic heterocycles. The highest BCUT2D eigenvalue weighted by atomic mass is 35.5. The number of pyridine rings is 2. The van der Waals surface area contributed by atoms with Crippen LogP contribution in [0.2, 0.25) is 5.02 Å². The molecule has 0 bridgehead atoms. The van der Waals surface area contributed by atoms with Crippen LogP contribution in [0.5, 0.6) is 0 Å². The van der Waals surface area contributed by atoms with Crippen LogP contribution in [0.3, 0.4) is 0 Å². The number of hydrogen-bond donors (Lipinski definition) is 3. The van der Waals surface area contributed by atoms with Gasteiger partial charge in [0.1, 0.15) is 11.6 Å².